The van der Waals surface area contributed by atoms with Gasteiger partial charge in [-0.3, -0.25) is 9.52 Å². The number of anilines is 1. The van der Waals surface area contributed by atoms with Gasteiger partial charge in [-0.1, -0.05) is 19.9 Å². The number of benzene rings is 1. The number of hydrogen-bond acceptors (Lipinski definition) is 4. The van der Waals surface area contributed by atoms with E-state index in [1.807, 2.05) is 13.8 Å². The predicted molar refractivity (Wildman–Crippen MR) is 89.5 cm³/mol. The monoisotopic (exact) mass is 327 g/mol. The summed E-state index contributed by atoms with van der Waals surface area (Å²) in [5, 5.41) is 2.96. The van der Waals surface area contributed by atoms with Crippen LogP contribution in [0.5, 0.6) is 0 Å². The molecule has 1 rings (SSSR count). The van der Waals surface area contributed by atoms with E-state index < -0.39 is 15.6 Å². The number of amides is 1. The van der Waals surface area contributed by atoms with Crippen LogP contribution in [0.3, 0.4) is 0 Å². The summed E-state index contributed by atoms with van der Waals surface area (Å²) < 4.78 is 25.2. The minimum absolute atomic E-state index is 0.259. The van der Waals surface area contributed by atoms with Crippen molar-refractivity contribution >= 4 is 21.6 Å². The lowest BCUT2D eigenvalue weighted by molar-refractivity contribution is 0.0895. The molecule has 1 aromatic carbocycles. The van der Waals surface area contributed by atoms with Crippen LogP contribution in [-0.4, -0.2) is 32.7 Å². The zero-order chi connectivity index (χ0) is 17.0. The quantitative estimate of drug-likeness (QED) is 0.708. The molecule has 0 aliphatic carbocycles. The van der Waals surface area contributed by atoms with Gasteiger partial charge in [0.2, 0.25) is 10.0 Å². The maximum atomic E-state index is 12.4. The van der Waals surface area contributed by atoms with Gasteiger partial charge in [0, 0.05) is 12.1 Å². The zero-order valence-corrected chi connectivity index (χ0v) is 14.4. The smallest absolute Gasteiger partial charge is 0.251 e. The predicted octanol–water partition coefficient (Wildman–Crippen LogP) is 1.61. The van der Waals surface area contributed by atoms with Crippen LogP contribution >= 0.6 is 0 Å². The number of rotatable bonds is 7. The second-order valence-electron chi connectivity index (χ2n) is 5.55. The summed E-state index contributed by atoms with van der Waals surface area (Å²) in [6.45, 7) is 6.08. The number of sulfonamides is 1. The minimum Gasteiger partial charge on any atom is -0.345 e. The number of nitrogens with two attached hydrogens (primary N) is 1. The molecule has 1 aromatic rings. The van der Waals surface area contributed by atoms with Crippen molar-refractivity contribution in [2.24, 2.45) is 5.73 Å². The van der Waals surface area contributed by atoms with Gasteiger partial charge in [0.05, 0.1) is 17.5 Å². The summed E-state index contributed by atoms with van der Waals surface area (Å²) in [4.78, 5) is 12.4. The summed E-state index contributed by atoms with van der Waals surface area (Å²) in [5.74, 6) is -0.259. The van der Waals surface area contributed by atoms with Crippen molar-refractivity contribution in [3.8, 4) is 0 Å². The highest BCUT2D eigenvalue weighted by Gasteiger charge is 2.27. The molecule has 0 aromatic heterocycles. The molecule has 1 amide bonds. The number of aryl methyl sites for hydroxylation is 1. The standard InChI is InChI=1S/C15H25N3O3S/c1-5-15(6-2,10-16)17-14(19)12-8-7-11(3)13(9-12)18-22(4,20)21/h7-9,18H,5-6,10,16H2,1-4H3,(H,17,19). The fourth-order valence-electron chi connectivity index (χ4n) is 2.15. The highest BCUT2D eigenvalue weighted by Crippen LogP contribution is 2.20. The summed E-state index contributed by atoms with van der Waals surface area (Å²) in [6, 6.07) is 4.92. The Kier molecular flexibility index (Phi) is 5.96. The van der Waals surface area contributed by atoms with Crippen molar-refractivity contribution in [3.63, 3.8) is 0 Å². The van der Waals surface area contributed by atoms with Crippen LogP contribution in [0.15, 0.2) is 18.2 Å². The third-order valence-corrected chi connectivity index (χ3v) is 4.51. The summed E-state index contributed by atoms with van der Waals surface area (Å²) >= 11 is 0. The van der Waals surface area contributed by atoms with Gasteiger partial charge in [0.1, 0.15) is 0 Å². The van der Waals surface area contributed by atoms with E-state index in [-0.39, 0.29) is 5.91 Å². The van der Waals surface area contributed by atoms with Crippen LogP contribution in [0, 0.1) is 6.92 Å². The molecule has 4 N–H and O–H groups in total. The van der Waals surface area contributed by atoms with E-state index in [1.54, 1.807) is 19.1 Å². The molecule has 6 nitrogen and oxygen atoms in total. The maximum absolute atomic E-state index is 12.4. The van der Waals surface area contributed by atoms with Crippen LogP contribution < -0.4 is 15.8 Å². The SMILES string of the molecule is CCC(CC)(CN)NC(=O)c1ccc(C)c(NS(C)(=O)=O)c1. The second-order valence-corrected chi connectivity index (χ2v) is 7.30. The van der Waals surface area contributed by atoms with Crippen molar-refractivity contribution in [1.82, 2.24) is 5.32 Å². The van der Waals surface area contributed by atoms with E-state index in [9.17, 15) is 13.2 Å². The number of carbonyl (C=O) groups is 1. The van der Waals surface area contributed by atoms with E-state index in [1.165, 1.54) is 6.07 Å². The molecule has 0 heterocycles. The first-order valence-electron chi connectivity index (χ1n) is 7.27. The number of hydrogen-bond donors (Lipinski definition) is 3. The lowest BCUT2D eigenvalue weighted by atomic mass is 9.92. The van der Waals surface area contributed by atoms with Gasteiger partial charge in [-0.05, 0) is 37.5 Å². The van der Waals surface area contributed by atoms with Crippen molar-refractivity contribution in [3.05, 3.63) is 29.3 Å². The number of nitrogens with one attached hydrogen (secondary N) is 2. The molecule has 7 heteroatoms. The summed E-state index contributed by atoms with van der Waals surface area (Å²) in [7, 11) is -3.39. The van der Waals surface area contributed by atoms with E-state index in [4.69, 9.17) is 5.73 Å². The van der Waals surface area contributed by atoms with Crippen LogP contribution in [0.2, 0.25) is 0 Å². The van der Waals surface area contributed by atoms with Crippen LogP contribution in [0.25, 0.3) is 0 Å². The van der Waals surface area contributed by atoms with Gasteiger partial charge in [-0.15, -0.1) is 0 Å². The largest absolute Gasteiger partial charge is 0.345 e. The Labute approximate surface area is 132 Å². The Morgan fingerprint density at radius 1 is 1.27 bits per heavy atom. The van der Waals surface area contributed by atoms with Gasteiger partial charge in [-0.25, -0.2) is 8.42 Å². The van der Waals surface area contributed by atoms with Gasteiger partial charge >= 0.3 is 0 Å². The highest BCUT2D eigenvalue weighted by molar-refractivity contribution is 7.92. The van der Waals surface area contributed by atoms with Crippen molar-refractivity contribution in [1.29, 1.82) is 0 Å². The van der Waals surface area contributed by atoms with Gasteiger partial charge in [0.25, 0.3) is 5.91 Å². The third-order valence-electron chi connectivity index (χ3n) is 3.92. The Morgan fingerprint density at radius 3 is 2.32 bits per heavy atom. The molecule has 0 radical (unpaired) electrons. The van der Waals surface area contributed by atoms with Crippen molar-refractivity contribution in [2.45, 2.75) is 39.2 Å². The molecule has 124 valence electrons. The lowest BCUT2D eigenvalue weighted by Gasteiger charge is -2.31. The molecule has 0 atom stereocenters. The Morgan fingerprint density at radius 2 is 1.86 bits per heavy atom. The van der Waals surface area contributed by atoms with Crippen molar-refractivity contribution in [2.75, 3.05) is 17.5 Å². The summed E-state index contributed by atoms with van der Waals surface area (Å²) in [5.41, 5.74) is 6.90. The van der Waals surface area contributed by atoms with Crippen LogP contribution in [0.4, 0.5) is 5.69 Å². The van der Waals surface area contributed by atoms with E-state index in [0.717, 1.165) is 24.7 Å². The molecule has 0 saturated heterocycles. The maximum Gasteiger partial charge on any atom is 0.251 e. The lowest BCUT2D eigenvalue weighted by Crippen LogP contribution is -2.52. The average molecular weight is 327 g/mol. The molecule has 0 fully saturated rings. The molecule has 0 aliphatic heterocycles. The molecular formula is C15H25N3O3S. The highest BCUT2D eigenvalue weighted by atomic mass is 32.2. The van der Waals surface area contributed by atoms with E-state index in [0.29, 0.717) is 17.8 Å². The average Bonchev–Trinajstić information content (AvgIpc) is 2.45. The molecule has 0 spiro atoms. The Hall–Kier alpha value is -1.60. The molecule has 22 heavy (non-hydrogen) atoms. The van der Waals surface area contributed by atoms with E-state index >= 15 is 0 Å². The molecule has 0 unspecified atom stereocenters. The second kappa shape index (κ2) is 7.11. The van der Waals surface area contributed by atoms with Gasteiger partial charge in [0.15, 0.2) is 0 Å². The Balaban J connectivity index is 3.07. The van der Waals surface area contributed by atoms with Crippen LogP contribution in [-0.2, 0) is 10.0 Å². The topological polar surface area (TPSA) is 101 Å². The first-order chi connectivity index (χ1) is 10.2. The molecular weight excluding hydrogens is 302 g/mol. The van der Waals surface area contributed by atoms with Gasteiger partial charge < -0.3 is 11.1 Å². The van der Waals surface area contributed by atoms with Crippen molar-refractivity contribution < 1.29 is 13.2 Å². The minimum atomic E-state index is -3.39. The molecule has 0 aliphatic rings. The Bertz CT molecular complexity index is 629. The first-order valence-corrected chi connectivity index (χ1v) is 9.16. The van der Waals surface area contributed by atoms with E-state index in [2.05, 4.69) is 10.0 Å². The van der Waals surface area contributed by atoms with Gasteiger partial charge in [-0.2, -0.15) is 0 Å². The van der Waals surface area contributed by atoms with Crippen LogP contribution in [0.1, 0.15) is 42.6 Å². The third kappa shape index (κ3) is 4.71. The fraction of sp³-hybridized carbons (Fsp3) is 0.533. The number of carbonyl (C=O) groups excluding carboxylic acids is 1. The zero-order valence-electron chi connectivity index (χ0n) is 13.6. The molecule has 0 saturated carbocycles. The fourth-order valence-corrected chi connectivity index (χ4v) is 2.77. The first kappa shape index (κ1) is 18.4. The molecule has 0 bridgehead atoms. The normalized spacial score (nSPS) is 12.0. The summed E-state index contributed by atoms with van der Waals surface area (Å²) in [6.07, 6.45) is 2.53.